The molecule has 0 aliphatic rings. The molecule has 0 bridgehead atoms. The molecule has 0 amide bonds. The van der Waals surface area contributed by atoms with E-state index >= 15 is 0 Å². The van der Waals surface area contributed by atoms with Crippen molar-refractivity contribution in [2.24, 2.45) is 23.7 Å². The number of rotatable bonds is 11. The number of ketones is 1. The Labute approximate surface area is 165 Å². The van der Waals surface area contributed by atoms with Crippen molar-refractivity contribution in [1.29, 1.82) is 0 Å². The minimum Gasteiger partial charge on any atom is -0.481 e. The maximum absolute atomic E-state index is 13.5. The molecule has 0 aliphatic heterocycles. The van der Waals surface area contributed by atoms with Crippen molar-refractivity contribution in [3.05, 3.63) is 34.4 Å². The van der Waals surface area contributed by atoms with Crippen LogP contribution in [0, 0.1) is 44.4 Å². The molecular formula is C24H38O3. The van der Waals surface area contributed by atoms with Crippen LogP contribution in [0.3, 0.4) is 0 Å². The Morgan fingerprint density at radius 2 is 1.59 bits per heavy atom. The number of carboxylic acids is 1. The number of aryl methyl sites for hydroxylation is 3. The summed E-state index contributed by atoms with van der Waals surface area (Å²) in [5.41, 5.74) is 3.74. The molecule has 0 radical (unpaired) electrons. The molecule has 3 nitrogen and oxygen atoms in total. The van der Waals surface area contributed by atoms with Gasteiger partial charge in [0, 0.05) is 11.5 Å². The smallest absolute Gasteiger partial charge is 0.307 e. The van der Waals surface area contributed by atoms with E-state index in [4.69, 9.17) is 0 Å². The van der Waals surface area contributed by atoms with Gasteiger partial charge in [-0.1, -0.05) is 71.1 Å². The Bertz CT molecular complexity index is 622. The molecule has 1 aromatic carbocycles. The molecule has 3 atom stereocenters. The second kappa shape index (κ2) is 10.6. The normalized spacial score (nSPS) is 14.8. The Balaban J connectivity index is 3.26. The summed E-state index contributed by atoms with van der Waals surface area (Å²) in [4.78, 5) is 25.7. The fourth-order valence-corrected chi connectivity index (χ4v) is 4.43. The number of carbonyl (C=O) groups is 2. The Morgan fingerprint density at radius 1 is 1.04 bits per heavy atom. The second-order valence-corrected chi connectivity index (χ2v) is 8.50. The van der Waals surface area contributed by atoms with Crippen LogP contribution in [-0.4, -0.2) is 16.9 Å². The molecule has 1 rings (SSSR count). The van der Waals surface area contributed by atoms with Gasteiger partial charge in [0.15, 0.2) is 5.78 Å². The molecule has 1 aromatic rings. The average Bonchev–Trinajstić information content (AvgIpc) is 2.55. The minimum atomic E-state index is -0.834. The van der Waals surface area contributed by atoms with Gasteiger partial charge in [-0.15, -0.1) is 0 Å². The summed E-state index contributed by atoms with van der Waals surface area (Å²) in [7, 11) is 0. The van der Waals surface area contributed by atoms with Gasteiger partial charge in [0.2, 0.25) is 0 Å². The number of unbranched alkanes of at least 4 members (excludes halogenated alkanes) is 1. The van der Waals surface area contributed by atoms with Gasteiger partial charge in [0.05, 0.1) is 5.92 Å². The van der Waals surface area contributed by atoms with Gasteiger partial charge in [-0.05, 0) is 50.2 Å². The summed E-state index contributed by atoms with van der Waals surface area (Å²) in [6.07, 6.45) is 4.82. The molecular weight excluding hydrogens is 336 g/mol. The zero-order valence-corrected chi connectivity index (χ0v) is 18.3. The highest BCUT2D eigenvalue weighted by Crippen LogP contribution is 2.34. The summed E-state index contributed by atoms with van der Waals surface area (Å²) in [5.74, 6) is -1.60. The summed E-state index contributed by atoms with van der Waals surface area (Å²) >= 11 is 0. The fraction of sp³-hybridized carbons (Fsp3) is 0.667. The third-order valence-electron chi connectivity index (χ3n) is 5.83. The van der Waals surface area contributed by atoms with Crippen molar-refractivity contribution in [2.75, 3.05) is 0 Å². The highest BCUT2D eigenvalue weighted by Gasteiger charge is 2.38. The van der Waals surface area contributed by atoms with Gasteiger partial charge < -0.3 is 5.11 Å². The maximum Gasteiger partial charge on any atom is 0.307 e. The number of hydrogen-bond donors (Lipinski definition) is 1. The van der Waals surface area contributed by atoms with Crippen molar-refractivity contribution in [2.45, 2.75) is 80.6 Å². The summed E-state index contributed by atoms with van der Waals surface area (Å²) in [6.45, 7) is 14.2. The van der Waals surface area contributed by atoms with Crippen LogP contribution in [0.4, 0.5) is 0 Å². The van der Waals surface area contributed by atoms with Crippen LogP contribution >= 0.6 is 0 Å². The third-order valence-corrected chi connectivity index (χ3v) is 5.83. The van der Waals surface area contributed by atoms with Crippen molar-refractivity contribution in [3.63, 3.8) is 0 Å². The van der Waals surface area contributed by atoms with E-state index < -0.39 is 17.8 Å². The largest absolute Gasteiger partial charge is 0.481 e. The first-order chi connectivity index (χ1) is 12.6. The first-order valence-corrected chi connectivity index (χ1v) is 10.5. The molecule has 0 saturated carbocycles. The molecule has 3 heteroatoms. The number of hydrogen-bond acceptors (Lipinski definition) is 2. The van der Waals surface area contributed by atoms with E-state index in [0.29, 0.717) is 17.9 Å². The first kappa shape index (κ1) is 23.4. The fourth-order valence-electron chi connectivity index (χ4n) is 4.43. The van der Waals surface area contributed by atoms with Gasteiger partial charge in [0.1, 0.15) is 0 Å². The average molecular weight is 375 g/mol. The van der Waals surface area contributed by atoms with Crippen molar-refractivity contribution in [3.8, 4) is 0 Å². The maximum atomic E-state index is 13.5. The van der Waals surface area contributed by atoms with Gasteiger partial charge in [-0.2, -0.15) is 0 Å². The van der Waals surface area contributed by atoms with Crippen LogP contribution in [0.5, 0.6) is 0 Å². The van der Waals surface area contributed by atoms with Crippen LogP contribution in [0.15, 0.2) is 12.1 Å². The van der Waals surface area contributed by atoms with E-state index in [0.717, 1.165) is 42.4 Å². The van der Waals surface area contributed by atoms with Gasteiger partial charge in [-0.3, -0.25) is 9.59 Å². The Hall–Kier alpha value is -1.64. The quantitative estimate of drug-likeness (QED) is 0.458. The summed E-state index contributed by atoms with van der Waals surface area (Å²) < 4.78 is 0. The molecule has 1 N–H and O–H groups in total. The van der Waals surface area contributed by atoms with E-state index in [9.17, 15) is 14.7 Å². The molecule has 152 valence electrons. The molecule has 0 aliphatic carbocycles. The Morgan fingerprint density at radius 3 is 2.00 bits per heavy atom. The number of carbonyl (C=O) groups excluding carboxylic acids is 1. The molecule has 0 spiro atoms. The molecule has 27 heavy (non-hydrogen) atoms. The predicted octanol–water partition coefficient (Wildman–Crippen LogP) is 6.37. The number of aliphatic carboxylic acids is 1. The second-order valence-electron chi connectivity index (χ2n) is 8.50. The molecule has 0 fully saturated rings. The van der Waals surface area contributed by atoms with Crippen molar-refractivity contribution < 1.29 is 14.7 Å². The summed E-state index contributed by atoms with van der Waals surface area (Å²) in [6, 6.07) is 4.03. The molecule has 0 heterocycles. The number of benzene rings is 1. The number of carboxylic acid groups (broad SMARTS) is 1. The molecule has 0 saturated heterocycles. The standard InChI is InChI=1S/C24H38O3/c1-8-10-11-19(9-2)14-20(24(26)27)21(15(3)4)23(25)22-17(6)12-16(5)13-18(22)7/h12-13,15,19-21H,8-11,14H2,1-7H3,(H,26,27). The topological polar surface area (TPSA) is 54.4 Å². The first-order valence-electron chi connectivity index (χ1n) is 10.5. The lowest BCUT2D eigenvalue weighted by atomic mass is 9.72. The predicted molar refractivity (Wildman–Crippen MR) is 112 cm³/mol. The lowest BCUT2D eigenvalue weighted by Gasteiger charge is -2.30. The van der Waals surface area contributed by atoms with Gasteiger partial charge >= 0.3 is 5.97 Å². The third kappa shape index (κ3) is 6.19. The zero-order valence-electron chi connectivity index (χ0n) is 18.3. The van der Waals surface area contributed by atoms with Crippen LogP contribution in [0.2, 0.25) is 0 Å². The minimum absolute atomic E-state index is 0.00209. The van der Waals surface area contributed by atoms with Crippen molar-refractivity contribution >= 4 is 11.8 Å². The van der Waals surface area contributed by atoms with Gasteiger partial charge in [0.25, 0.3) is 0 Å². The van der Waals surface area contributed by atoms with E-state index in [2.05, 4.69) is 13.8 Å². The van der Waals surface area contributed by atoms with E-state index in [1.807, 2.05) is 46.8 Å². The SMILES string of the molecule is CCCCC(CC)CC(C(=O)O)C(C(=O)c1c(C)cc(C)cc1C)C(C)C. The van der Waals surface area contributed by atoms with Crippen LogP contribution < -0.4 is 0 Å². The summed E-state index contributed by atoms with van der Waals surface area (Å²) in [5, 5.41) is 9.99. The van der Waals surface area contributed by atoms with Crippen LogP contribution in [0.25, 0.3) is 0 Å². The van der Waals surface area contributed by atoms with Crippen LogP contribution in [-0.2, 0) is 4.79 Å². The lowest BCUT2D eigenvalue weighted by Crippen LogP contribution is -2.36. The van der Waals surface area contributed by atoms with Gasteiger partial charge in [-0.25, -0.2) is 0 Å². The molecule has 3 unspecified atom stereocenters. The highest BCUT2D eigenvalue weighted by atomic mass is 16.4. The van der Waals surface area contributed by atoms with Crippen LogP contribution in [0.1, 0.15) is 86.8 Å². The van der Waals surface area contributed by atoms with E-state index in [1.54, 1.807) is 0 Å². The monoisotopic (exact) mass is 374 g/mol. The lowest BCUT2D eigenvalue weighted by molar-refractivity contribution is -0.144. The van der Waals surface area contributed by atoms with Crippen molar-refractivity contribution in [1.82, 2.24) is 0 Å². The zero-order chi connectivity index (χ0) is 20.7. The highest BCUT2D eigenvalue weighted by molar-refractivity contribution is 6.02. The molecule has 0 aromatic heterocycles. The Kier molecular flexibility index (Phi) is 9.21. The van der Waals surface area contributed by atoms with E-state index in [1.165, 1.54) is 0 Å². The number of Topliss-reactive ketones (excluding diaryl/α,β-unsaturated/α-hetero) is 1. The van der Waals surface area contributed by atoms with E-state index in [-0.39, 0.29) is 11.7 Å².